The first-order chi connectivity index (χ1) is 12.6. The molecule has 2 N–H and O–H groups in total. The van der Waals surface area contributed by atoms with Crippen molar-refractivity contribution in [3.8, 4) is 0 Å². The number of aryl methyl sites for hydroxylation is 1. The number of amides is 2. The number of fused-ring (bicyclic) bond motifs is 1. The lowest BCUT2D eigenvalue weighted by Crippen LogP contribution is -2.24. The largest absolute Gasteiger partial charge is 0.359 e. The zero-order valence-electron chi connectivity index (χ0n) is 14.7. The molecule has 5 heteroatoms. The predicted molar refractivity (Wildman–Crippen MR) is 102 cm³/mol. The summed E-state index contributed by atoms with van der Waals surface area (Å²) >= 11 is 0. The number of carbonyl (C=O) groups excluding carboxylic acids is 2. The number of H-pyrrole nitrogens is 1. The van der Waals surface area contributed by atoms with Crippen molar-refractivity contribution in [1.29, 1.82) is 0 Å². The first-order valence-electron chi connectivity index (χ1n) is 8.86. The van der Waals surface area contributed by atoms with E-state index in [0.717, 1.165) is 40.8 Å². The molecule has 1 fully saturated rings. The summed E-state index contributed by atoms with van der Waals surface area (Å²) < 4.78 is 0. The first kappa shape index (κ1) is 16.4. The van der Waals surface area contributed by atoms with Crippen molar-refractivity contribution in [2.75, 3.05) is 11.9 Å². The number of hydrogen-bond donors (Lipinski definition) is 2. The van der Waals surface area contributed by atoms with E-state index in [1.807, 2.05) is 48.2 Å². The van der Waals surface area contributed by atoms with E-state index in [9.17, 15) is 9.59 Å². The molecule has 26 heavy (non-hydrogen) atoms. The lowest BCUT2D eigenvalue weighted by atomic mass is 10.1. The lowest BCUT2D eigenvalue weighted by molar-refractivity contribution is -0.128. The van der Waals surface area contributed by atoms with Crippen LogP contribution < -0.4 is 5.32 Å². The van der Waals surface area contributed by atoms with E-state index in [1.165, 1.54) is 0 Å². The summed E-state index contributed by atoms with van der Waals surface area (Å²) in [5, 5.41) is 4.03. The molecule has 2 amide bonds. The average Bonchev–Trinajstić information content (AvgIpc) is 3.19. The normalized spacial score (nSPS) is 14.2. The van der Waals surface area contributed by atoms with Gasteiger partial charge in [-0.25, -0.2) is 0 Å². The predicted octanol–water partition coefficient (Wildman–Crippen LogP) is 3.85. The Labute approximate surface area is 152 Å². The summed E-state index contributed by atoms with van der Waals surface area (Å²) in [6, 6.07) is 15.3. The molecule has 4 rings (SSSR count). The minimum atomic E-state index is -0.147. The van der Waals surface area contributed by atoms with Crippen molar-refractivity contribution in [2.24, 2.45) is 0 Å². The second kappa shape index (κ2) is 6.67. The van der Waals surface area contributed by atoms with Gasteiger partial charge in [-0.2, -0.15) is 0 Å². The average molecular weight is 347 g/mol. The molecule has 1 aromatic heterocycles. The molecule has 0 saturated carbocycles. The topological polar surface area (TPSA) is 65.2 Å². The smallest absolute Gasteiger partial charge is 0.255 e. The zero-order valence-corrected chi connectivity index (χ0v) is 14.7. The van der Waals surface area contributed by atoms with Crippen LogP contribution in [0, 0.1) is 6.92 Å². The molecule has 3 aromatic rings. The Morgan fingerprint density at radius 1 is 1.19 bits per heavy atom. The molecular weight excluding hydrogens is 326 g/mol. The molecule has 2 heterocycles. The highest BCUT2D eigenvalue weighted by Crippen LogP contribution is 2.21. The zero-order chi connectivity index (χ0) is 18.1. The monoisotopic (exact) mass is 347 g/mol. The standard InChI is InChI=1S/C21H21N3O2/c1-14-10-17-12-18(7-8-19(17)22-14)23-21(26)16-5-2-4-15(11-16)13-24-9-3-6-20(24)25/h2,4-5,7-8,10-12,22H,3,6,9,13H2,1H3,(H,23,26). The Kier molecular flexibility index (Phi) is 4.21. The fourth-order valence-electron chi connectivity index (χ4n) is 3.46. The molecule has 2 aromatic carbocycles. The summed E-state index contributed by atoms with van der Waals surface area (Å²) in [5.74, 6) is 0.0427. The molecule has 1 aliphatic heterocycles. The van der Waals surface area contributed by atoms with Crippen LogP contribution in [0.3, 0.4) is 0 Å². The van der Waals surface area contributed by atoms with Crippen LogP contribution in [0.25, 0.3) is 10.9 Å². The van der Waals surface area contributed by atoms with E-state index in [4.69, 9.17) is 0 Å². The minimum absolute atomic E-state index is 0.147. The van der Waals surface area contributed by atoms with Crippen molar-refractivity contribution in [1.82, 2.24) is 9.88 Å². The van der Waals surface area contributed by atoms with Gasteiger partial charge in [0.1, 0.15) is 0 Å². The van der Waals surface area contributed by atoms with Crippen LogP contribution in [0.2, 0.25) is 0 Å². The second-order valence-electron chi connectivity index (χ2n) is 6.83. The quantitative estimate of drug-likeness (QED) is 0.753. The number of anilines is 1. The number of hydrogen-bond acceptors (Lipinski definition) is 2. The molecule has 1 aliphatic rings. The van der Waals surface area contributed by atoms with Crippen molar-refractivity contribution in [3.05, 3.63) is 65.4 Å². The number of aromatic amines is 1. The van der Waals surface area contributed by atoms with Crippen LogP contribution in [0.4, 0.5) is 5.69 Å². The van der Waals surface area contributed by atoms with Gasteiger partial charge in [-0.05, 0) is 55.3 Å². The summed E-state index contributed by atoms with van der Waals surface area (Å²) in [7, 11) is 0. The number of nitrogens with zero attached hydrogens (tertiary/aromatic N) is 1. The van der Waals surface area contributed by atoms with Gasteiger partial charge in [-0.3, -0.25) is 9.59 Å². The Morgan fingerprint density at radius 3 is 2.88 bits per heavy atom. The first-order valence-corrected chi connectivity index (χ1v) is 8.86. The van der Waals surface area contributed by atoms with Crippen LogP contribution in [0.15, 0.2) is 48.5 Å². The molecule has 0 aliphatic carbocycles. The van der Waals surface area contributed by atoms with Crippen LogP contribution in [-0.4, -0.2) is 28.2 Å². The van der Waals surface area contributed by atoms with Crippen LogP contribution in [-0.2, 0) is 11.3 Å². The van der Waals surface area contributed by atoms with E-state index in [-0.39, 0.29) is 11.8 Å². The number of carbonyl (C=O) groups is 2. The molecule has 132 valence electrons. The van der Waals surface area contributed by atoms with Gasteiger partial charge < -0.3 is 15.2 Å². The number of rotatable bonds is 4. The molecule has 0 bridgehead atoms. The highest BCUT2D eigenvalue weighted by atomic mass is 16.2. The summed E-state index contributed by atoms with van der Waals surface area (Å²) in [6.45, 7) is 3.37. The lowest BCUT2D eigenvalue weighted by Gasteiger charge is -2.16. The maximum atomic E-state index is 12.6. The SMILES string of the molecule is Cc1cc2cc(NC(=O)c3cccc(CN4CCCC4=O)c3)ccc2[nH]1. The van der Waals surface area contributed by atoms with E-state index in [1.54, 1.807) is 6.07 Å². The van der Waals surface area contributed by atoms with E-state index in [2.05, 4.69) is 16.4 Å². The molecule has 0 atom stereocenters. The molecule has 0 unspecified atom stereocenters. The Balaban J connectivity index is 1.50. The van der Waals surface area contributed by atoms with Gasteiger partial charge in [0.15, 0.2) is 0 Å². The third-order valence-electron chi connectivity index (χ3n) is 4.75. The van der Waals surface area contributed by atoms with Crippen molar-refractivity contribution in [2.45, 2.75) is 26.3 Å². The van der Waals surface area contributed by atoms with E-state index >= 15 is 0 Å². The fraction of sp³-hybridized carbons (Fsp3) is 0.238. The van der Waals surface area contributed by atoms with Crippen LogP contribution in [0.1, 0.15) is 34.5 Å². The van der Waals surface area contributed by atoms with Gasteiger partial charge in [0.25, 0.3) is 5.91 Å². The number of likely N-dealkylation sites (tertiary alicyclic amines) is 1. The second-order valence-corrected chi connectivity index (χ2v) is 6.83. The van der Waals surface area contributed by atoms with Gasteiger partial charge in [-0.15, -0.1) is 0 Å². The maximum absolute atomic E-state index is 12.6. The maximum Gasteiger partial charge on any atom is 0.255 e. The van der Waals surface area contributed by atoms with Gasteiger partial charge in [-0.1, -0.05) is 12.1 Å². The molecule has 1 saturated heterocycles. The highest BCUT2D eigenvalue weighted by Gasteiger charge is 2.20. The third kappa shape index (κ3) is 3.33. The molecule has 5 nitrogen and oxygen atoms in total. The van der Waals surface area contributed by atoms with E-state index in [0.29, 0.717) is 18.5 Å². The molecular formula is C21H21N3O2. The van der Waals surface area contributed by atoms with Crippen molar-refractivity contribution >= 4 is 28.4 Å². The van der Waals surface area contributed by atoms with Crippen LogP contribution >= 0.6 is 0 Å². The van der Waals surface area contributed by atoms with Crippen molar-refractivity contribution < 1.29 is 9.59 Å². The molecule has 0 radical (unpaired) electrons. The van der Waals surface area contributed by atoms with Gasteiger partial charge in [0.05, 0.1) is 0 Å². The van der Waals surface area contributed by atoms with Crippen molar-refractivity contribution in [3.63, 3.8) is 0 Å². The Hall–Kier alpha value is -3.08. The number of aromatic nitrogens is 1. The Bertz CT molecular complexity index is 990. The Morgan fingerprint density at radius 2 is 2.08 bits per heavy atom. The number of nitrogens with one attached hydrogen (secondary N) is 2. The fourth-order valence-corrected chi connectivity index (χ4v) is 3.46. The summed E-state index contributed by atoms with van der Waals surface area (Å²) in [6.07, 6.45) is 1.54. The third-order valence-corrected chi connectivity index (χ3v) is 4.75. The summed E-state index contributed by atoms with van der Waals surface area (Å²) in [4.78, 5) is 29.5. The number of benzene rings is 2. The van der Waals surface area contributed by atoms with E-state index < -0.39 is 0 Å². The minimum Gasteiger partial charge on any atom is -0.359 e. The highest BCUT2D eigenvalue weighted by molar-refractivity contribution is 6.05. The summed E-state index contributed by atoms with van der Waals surface area (Å²) in [5.41, 5.74) is 4.48. The van der Waals surface area contributed by atoms with Gasteiger partial charge in [0.2, 0.25) is 5.91 Å². The van der Waals surface area contributed by atoms with Gasteiger partial charge in [0, 0.05) is 47.4 Å². The molecule has 0 spiro atoms. The van der Waals surface area contributed by atoms with Gasteiger partial charge >= 0.3 is 0 Å². The van der Waals surface area contributed by atoms with Crippen LogP contribution in [0.5, 0.6) is 0 Å².